The molecule has 0 aliphatic rings. The molecule has 0 saturated carbocycles. The minimum absolute atomic E-state index is 0.334. The third kappa shape index (κ3) is 4.76. The maximum Gasteiger partial charge on any atom is 0.256 e. The molecule has 0 aromatic heterocycles. The van der Waals surface area contributed by atoms with Gasteiger partial charge in [-0.15, -0.1) is 12.6 Å². The van der Waals surface area contributed by atoms with E-state index in [2.05, 4.69) is 24.0 Å². The number of carbonyl (C=O) groups is 1. The number of hydrogen-bond donors (Lipinski definition) is 2. The van der Waals surface area contributed by atoms with E-state index in [0.29, 0.717) is 31.8 Å². The highest BCUT2D eigenvalue weighted by atomic mass is 35.5. The van der Waals surface area contributed by atoms with Gasteiger partial charge in [0.1, 0.15) is 0 Å². The molecule has 1 unspecified atom stereocenters. The van der Waals surface area contributed by atoms with Crippen molar-refractivity contribution < 1.29 is 4.79 Å². The summed E-state index contributed by atoms with van der Waals surface area (Å²) in [5.41, 5.74) is 4.43. The van der Waals surface area contributed by atoms with Crippen molar-refractivity contribution in [2.24, 2.45) is 0 Å². The van der Waals surface area contributed by atoms with Crippen molar-refractivity contribution >= 4 is 47.4 Å². The topological polar surface area (TPSA) is 52.9 Å². The number of amides is 1. The van der Waals surface area contributed by atoms with Crippen LogP contribution in [0.2, 0.25) is 10.0 Å². The summed E-state index contributed by atoms with van der Waals surface area (Å²) in [4.78, 5) is 13.2. The Bertz CT molecular complexity index is 1120. The number of benzene rings is 3. The van der Waals surface area contributed by atoms with E-state index in [1.165, 1.54) is 0 Å². The van der Waals surface area contributed by atoms with Crippen LogP contribution in [-0.2, 0) is 0 Å². The van der Waals surface area contributed by atoms with Crippen molar-refractivity contribution in [3.05, 3.63) is 92.5 Å². The summed E-state index contributed by atoms with van der Waals surface area (Å²) in [6.45, 7) is 3.86. The van der Waals surface area contributed by atoms with Gasteiger partial charge in [-0.2, -0.15) is 5.26 Å². The van der Waals surface area contributed by atoms with Gasteiger partial charge in [0.15, 0.2) is 0 Å². The van der Waals surface area contributed by atoms with E-state index in [9.17, 15) is 10.1 Å². The predicted molar refractivity (Wildman–Crippen MR) is 121 cm³/mol. The van der Waals surface area contributed by atoms with Crippen molar-refractivity contribution in [1.29, 1.82) is 5.26 Å². The zero-order valence-corrected chi connectivity index (χ0v) is 18.2. The Morgan fingerprint density at radius 2 is 1.76 bits per heavy atom. The standard InChI is InChI=1S/C23H18Cl2N2OS/c1-13-3-5-15(6-4-13)19(12-26)17-9-14(2)21(11-20(17)25)27-23(28)18-10-16(24)7-8-22(18)29/h3-11,19,29H,1-2H3,(H,27,28). The number of halogens is 2. The van der Waals surface area contributed by atoms with Crippen LogP contribution in [0.5, 0.6) is 0 Å². The van der Waals surface area contributed by atoms with Crippen LogP contribution in [0.25, 0.3) is 0 Å². The fraction of sp³-hybridized carbons (Fsp3) is 0.130. The Kier molecular flexibility index (Phi) is 6.54. The fourth-order valence-corrected chi connectivity index (χ4v) is 3.71. The van der Waals surface area contributed by atoms with Crippen LogP contribution in [-0.4, -0.2) is 5.91 Å². The number of nitrogens with one attached hydrogen (secondary N) is 1. The molecule has 0 radical (unpaired) electrons. The molecule has 29 heavy (non-hydrogen) atoms. The lowest BCUT2D eigenvalue weighted by atomic mass is 9.90. The minimum atomic E-state index is -0.497. The van der Waals surface area contributed by atoms with E-state index in [1.807, 2.05) is 44.2 Å². The summed E-state index contributed by atoms with van der Waals surface area (Å²) >= 11 is 16.8. The lowest BCUT2D eigenvalue weighted by Gasteiger charge is -2.16. The molecule has 3 rings (SSSR count). The second-order valence-corrected chi connectivity index (χ2v) is 8.10. The number of aryl methyl sites for hydroxylation is 2. The summed E-state index contributed by atoms with van der Waals surface area (Å²) in [7, 11) is 0. The van der Waals surface area contributed by atoms with Gasteiger partial charge in [-0.05, 0) is 54.8 Å². The summed E-state index contributed by atoms with van der Waals surface area (Å²) in [5.74, 6) is -0.830. The summed E-state index contributed by atoms with van der Waals surface area (Å²) in [6, 6.07) is 18.5. The van der Waals surface area contributed by atoms with Crippen LogP contribution < -0.4 is 5.32 Å². The Labute approximate surface area is 185 Å². The lowest BCUT2D eigenvalue weighted by molar-refractivity contribution is 0.102. The molecule has 6 heteroatoms. The third-order valence-electron chi connectivity index (χ3n) is 4.65. The highest BCUT2D eigenvalue weighted by Gasteiger charge is 2.19. The molecule has 0 aliphatic carbocycles. The van der Waals surface area contributed by atoms with Crippen molar-refractivity contribution in [1.82, 2.24) is 0 Å². The average molecular weight is 441 g/mol. The number of hydrogen-bond acceptors (Lipinski definition) is 3. The molecule has 0 fully saturated rings. The monoisotopic (exact) mass is 440 g/mol. The minimum Gasteiger partial charge on any atom is -0.322 e. The van der Waals surface area contributed by atoms with Gasteiger partial charge >= 0.3 is 0 Å². The number of anilines is 1. The van der Waals surface area contributed by atoms with Crippen LogP contribution in [0, 0.1) is 25.2 Å². The summed E-state index contributed by atoms with van der Waals surface area (Å²) in [6.07, 6.45) is 0. The molecule has 0 spiro atoms. The summed E-state index contributed by atoms with van der Waals surface area (Å²) < 4.78 is 0. The van der Waals surface area contributed by atoms with Crippen LogP contribution in [0.4, 0.5) is 5.69 Å². The summed E-state index contributed by atoms with van der Waals surface area (Å²) in [5, 5.41) is 13.5. The first-order valence-corrected chi connectivity index (χ1v) is 10.1. The Morgan fingerprint density at radius 3 is 2.41 bits per heavy atom. The first kappa shape index (κ1) is 21.3. The molecular formula is C23H18Cl2N2OS. The highest BCUT2D eigenvalue weighted by Crippen LogP contribution is 2.34. The van der Waals surface area contributed by atoms with E-state index in [1.54, 1.807) is 24.3 Å². The second-order valence-electron chi connectivity index (χ2n) is 6.78. The van der Waals surface area contributed by atoms with Gasteiger partial charge in [-0.1, -0.05) is 59.1 Å². The van der Waals surface area contributed by atoms with Crippen LogP contribution in [0.15, 0.2) is 59.5 Å². The molecule has 3 aromatic rings. The molecule has 1 amide bonds. The zero-order chi connectivity index (χ0) is 21.1. The molecule has 3 aromatic carbocycles. The largest absolute Gasteiger partial charge is 0.322 e. The molecule has 0 saturated heterocycles. The Morgan fingerprint density at radius 1 is 1.07 bits per heavy atom. The molecule has 1 atom stereocenters. The third-order valence-corrected chi connectivity index (χ3v) is 5.60. The van der Waals surface area contributed by atoms with E-state index < -0.39 is 5.92 Å². The number of rotatable bonds is 4. The van der Waals surface area contributed by atoms with Gasteiger partial charge < -0.3 is 5.32 Å². The molecule has 1 N–H and O–H groups in total. The Balaban J connectivity index is 1.93. The maximum absolute atomic E-state index is 12.7. The van der Waals surface area contributed by atoms with Crippen LogP contribution in [0.1, 0.15) is 38.5 Å². The maximum atomic E-state index is 12.7. The molecule has 0 aliphatic heterocycles. The van der Waals surface area contributed by atoms with Gasteiger partial charge in [-0.25, -0.2) is 0 Å². The fourth-order valence-electron chi connectivity index (χ4n) is 3.02. The number of nitriles is 1. The van der Waals surface area contributed by atoms with Gasteiger partial charge in [0.2, 0.25) is 0 Å². The van der Waals surface area contributed by atoms with Crippen LogP contribution in [0.3, 0.4) is 0 Å². The van der Waals surface area contributed by atoms with E-state index in [0.717, 1.165) is 16.7 Å². The van der Waals surface area contributed by atoms with E-state index >= 15 is 0 Å². The smallest absolute Gasteiger partial charge is 0.256 e. The first-order valence-electron chi connectivity index (χ1n) is 8.86. The van der Waals surface area contributed by atoms with Gasteiger partial charge in [0.25, 0.3) is 5.91 Å². The van der Waals surface area contributed by atoms with Crippen molar-refractivity contribution in [2.75, 3.05) is 5.32 Å². The number of nitrogens with zero attached hydrogens (tertiary/aromatic N) is 1. The van der Waals surface area contributed by atoms with E-state index in [4.69, 9.17) is 23.2 Å². The molecule has 3 nitrogen and oxygen atoms in total. The zero-order valence-electron chi connectivity index (χ0n) is 15.8. The Hall–Kier alpha value is -2.45. The predicted octanol–water partition coefficient (Wildman–Crippen LogP) is 6.81. The number of carbonyl (C=O) groups excluding carboxylic acids is 1. The molecule has 0 bridgehead atoms. The van der Waals surface area contributed by atoms with Gasteiger partial charge in [-0.3, -0.25) is 4.79 Å². The quantitative estimate of drug-likeness (QED) is 0.437. The normalized spacial score (nSPS) is 11.6. The molecule has 0 heterocycles. The van der Waals surface area contributed by atoms with Crippen LogP contribution >= 0.6 is 35.8 Å². The van der Waals surface area contributed by atoms with E-state index in [-0.39, 0.29) is 5.91 Å². The average Bonchev–Trinajstić information content (AvgIpc) is 2.69. The van der Waals surface area contributed by atoms with Crippen molar-refractivity contribution in [2.45, 2.75) is 24.7 Å². The second kappa shape index (κ2) is 8.92. The van der Waals surface area contributed by atoms with Gasteiger partial charge in [0, 0.05) is 20.6 Å². The van der Waals surface area contributed by atoms with Gasteiger partial charge in [0.05, 0.1) is 17.6 Å². The highest BCUT2D eigenvalue weighted by molar-refractivity contribution is 7.80. The molecular weight excluding hydrogens is 423 g/mol. The number of thiol groups is 1. The lowest BCUT2D eigenvalue weighted by Crippen LogP contribution is -2.14. The van der Waals surface area contributed by atoms with Crippen molar-refractivity contribution in [3.8, 4) is 6.07 Å². The molecule has 146 valence electrons. The van der Waals surface area contributed by atoms with Crippen molar-refractivity contribution in [3.63, 3.8) is 0 Å². The first-order chi connectivity index (χ1) is 13.8. The SMILES string of the molecule is Cc1ccc(C(C#N)c2cc(C)c(NC(=O)c3cc(Cl)ccc3S)cc2Cl)cc1.